The highest BCUT2D eigenvalue weighted by atomic mass is 32.1. The van der Waals surface area contributed by atoms with E-state index in [4.69, 9.17) is 4.74 Å². The Labute approximate surface area is 104 Å². The monoisotopic (exact) mass is 253 g/mol. The van der Waals surface area contributed by atoms with Crippen LogP contribution in [-0.4, -0.2) is 23.3 Å². The van der Waals surface area contributed by atoms with E-state index in [1.54, 1.807) is 6.92 Å². The lowest BCUT2D eigenvalue weighted by atomic mass is 9.83. The van der Waals surface area contributed by atoms with Crippen LogP contribution >= 0.6 is 11.3 Å². The number of Topliss-reactive ketones (excluding diaryl/α,β-unsaturated/α-hetero) is 1. The molecule has 0 aromatic carbocycles. The van der Waals surface area contributed by atoms with Crippen LogP contribution in [0.3, 0.4) is 0 Å². The summed E-state index contributed by atoms with van der Waals surface area (Å²) >= 11 is 1.50. The molecule has 1 unspecified atom stereocenters. The molecule has 92 valence electrons. The zero-order valence-corrected chi connectivity index (χ0v) is 10.8. The number of ether oxygens (including phenoxy) is 1. The number of hydrogen-bond donors (Lipinski definition) is 0. The molecule has 1 heterocycles. The van der Waals surface area contributed by atoms with E-state index in [2.05, 4.69) is 4.98 Å². The van der Waals surface area contributed by atoms with E-state index < -0.39 is 5.41 Å². The Hall–Kier alpha value is -1.23. The summed E-state index contributed by atoms with van der Waals surface area (Å²) in [6.45, 7) is 4.00. The van der Waals surface area contributed by atoms with Gasteiger partial charge in [0.2, 0.25) is 0 Å². The molecule has 1 saturated carbocycles. The maximum absolute atomic E-state index is 12.1. The Bertz CT molecular complexity index is 454. The topological polar surface area (TPSA) is 56.3 Å². The maximum Gasteiger partial charge on any atom is 0.318 e. The van der Waals surface area contributed by atoms with Gasteiger partial charge in [-0.2, -0.15) is 0 Å². The summed E-state index contributed by atoms with van der Waals surface area (Å²) in [5.41, 5.74) is -0.123. The van der Waals surface area contributed by atoms with Crippen LogP contribution < -0.4 is 0 Å². The molecule has 1 aliphatic rings. The van der Waals surface area contributed by atoms with Crippen molar-refractivity contribution in [3.05, 3.63) is 16.1 Å². The van der Waals surface area contributed by atoms with Crippen molar-refractivity contribution in [3.8, 4) is 0 Å². The van der Waals surface area contributed by atoms with Crippen LogP contribution in [0.25, 0.3) is 0 Å². The second-order valence-electron chi connectivity index (χ2n) is 4.27. The molecule has 0 spiro atoms. The summed E-state index contributed by atoms with van der Waals surface area (Å²) in [7, 11) is 0. The smallest absolute Gasteiger partial charge is 0.318 e. The zero-order valence-electron chi connectivity index (χ0n) is 9.99. The van der Waals surface area contributed by atoms with Gasteiger partial charge in [0.1, 0.15) is 11.2 Å². The molecule has 0 bridgehead atoms. The predicted molar refractivity (Wildman–Crippen MR) is 64.0 cm³/mol. The summed E-state index contributed by atoms with van der Waals surface area (Å²) in [5.74, 6) is -0.195. The molecule has 0 saturated heterocycles. The first-order chi connectivity index (χ1) is 8.08. The van der Waals surface area contributed by atoms with Crippen molar-refractivity contribution >= 4 is 23.1 Å². The van der Waals surface area contributed by atoms with Gasteiger partial charge in [-0.25, -0.2) is 4.98 Å². The van der Waals surface area contributed by atoms with E-state index in [0.29, 0.717) is 25.1 Å². The zero-order chi connectivity index (χ0) is 12.5. The summed E-state index contributed by atoms with van der Waals surface area (Å²) in [5, 5.41) is 2.77. The molecular weight excluding hydrogens is 238 g/mol. The summed E-state index contributed by atoms with van der Waals surface area (Å²) in [6.07, 6.45) is 1.19. The summed E-state index contributed by atoms with van der Waals surface area (Å²) < 4.78 is 5.11. The first-order valence-electron chi connectivity index (χ1n) is 5.70. The molecule has 1 aromatic heterocycles. The number of aromatic nitrogens is 1. The van der Waals surface area contributed by atoms with E-state index >= 15 is 0 Å². The van der Waals surface area contributed by atoms with Crippen molar-refractivity contribution in [2.75, 3.05) is 6.61 Å². The SMILES string of the molecule is CCOC(=O)C1(c2csc(C)n2)CCC(=O)C1. The fourth-order valence-electron chi connectivity index (χ4n) is 2.22. The second kappa shape index (κ2) is 4.56. The lowest BCUT2D eigenvalue weighted by Gasteiger charge is -2.23. The average molecular weight is 253 g/mol. The molecule has 1 fully saturated rings. The minimum absolute atomic E-state index is 0.115. The number of thiazole rings is 1. The van der Waals surface area contributed by atoms with Crippen molar-refractivity contribution in [1.29, 1.82) is 0 Å². The number of rotatable bonds is 3. The first kappa shape index (κ1) is 12.2. The maximum atomic E-state index is 12.1. The Kier molecular flexibility index (Phi) is 3.28. The number of ketones is 1. The van der Waals surface area contributed by atoms with Gasteiger partial charge in [0.25, 0.3) is 0 Å². The number of carbonyl (C=O) groups excluding carboxylic acids is 2. The second-order valence-corrected chi connectivity index (χ2v) is 5.33. The lowest BCUT2D eigenvalue weighted by molar-refractivity contribution is -0.150. The number of carbonyl (C=O) groups is 2. The first-order valence-corrected chi connectivity index (χ1v) is 6.58. The van der Waals surface area contributed by atoms with E-state index in [1.165, 1.54) is 11.3 Å². The van der Waals surface area contributed by atoms with Gasteiger partial charge in [-0.1, -0.05) is 0 Å². The van der Waals surface area contributed by atoms with Crippen LogP contribution in [-0.2, 0) is 19.7 Å². The molecule has 0 aliphatic heterocycles. The molecule has 2 rings (SSSR count). The molecule has 17 heavy (non-hydrogen) atoms. The summed E-state index contributed by atoms with van der Waals surface area (Å²) in [4.78, 5) is 28.0. The summed E-state index contributed by atoms with van der Waals surface area (Å²) in [6, 6.07) is 0. The highest BCUT2D eigenvalue weighted by Crippen LogP contribution is 2.40. The fraction of sp³-hybridized carbons (Fsp3) is 0.583. The molecule has 1 aromatic rings. The average Bonchev–Trinajstić information content (AvgIpc) is 2.86. The van der Waals surface area contributed by atoms with Gasteiger partial charge >= 0.3 is 5.97 Å². The molecule has 5 heteroatoms. The van der Waals surface area contributed by atoms with Gasteiger partial charge in [0.05, 0.1) is 17.3 Å². The van der Waals surface area contributed by atoms with E-state index in [9.17, 15) is 9.59 Å². The van der Waals surface area contributed by atoms with Crippen LogP contribution in [0.1, 0.15) is 36.9 Å². The van der Waals surface area contributed by atoms with Gasteiger partial charge in [0, 0.05) is 18.2 Å². The molecule has 0 amide bonds. The third-order valence-electron chi connectivity index (χ3n) is 3.11. The third kappa shape index (κ3) is 2.11. The number of nitrogens with zero attached hydrogens (tertiary/aromatic N) is 1. The van der Waals surface area contributed by atoms with Crippen LogP contribution in [0.5, 0.6) is 0 Å². The highest BCUT2D eigenvalue weighted by molar-refractivity contribution is 7.09. The van der Waals surface area contributed by atoms with Gasteiger partial charge in [-0.3, -0.25) is 9.59 Å². The van der Waals surface area contributed by atoms with Crippen LogP contribution in [0, 0.1) is 6.92 Å². The number of esters is 1. The van der Waals surface area contributed by atoms with Gasteiger partial charge in [-0.05, 0) is 20.3 Å². The predicted octanol–water partition coefficient (Wildman–Crippen LogP) is 2.01. The largest absolute Gasteiger partial charge is 0.465 e. The normalized spacial score (nSPS) is 24.0. The molecular formula is C12H15NO3S. The Morgan fingerprint density at radius 2 is 2.41 bits per heavy atom. The Morgan fingerprint density at radius 1 is 1.65 bits per heavy atom. The highest BCUT2D eigenvalue weighted by Gasteiger charge is 2.49. The molecule has 0 radical (unpaired) electrons. The molecule has 4 nitrogen and oxygen atoms in total. The van der Waals surface area contributed by atoms with E-state index in [-0.39, 0.29) is 18.2 Å². The third-order valence-corrected chi connectivity index (χ3v) is 3.88. The lowest BCUT2D eigenvalue weighted by Crippen LogP contribution is -2.35. The van der Waals surface area contributed by atoms with Gasteiger partial charge in [-0.15, -0.1) is 11.3 Å². The van der Waals surface area contributed by atoms with Crippen molar-refractivity contribution in [2.24, 2.45) is 0 Å². The molecule has 1 atom stereocenters. The molecule has 0 N–H and O–H groups in total. The van der Waals surface area contributed by atoms with E-state index in [0.717, 1.165) is 5.01 Å². The quantitative estimate of drug-likeness (QED) is 0.773. The minimum atomic E-state index is -0.822. The number of aryl methyl sites for hydroxylation is 1. The van der Waals surface area contributed by atoms with Crippen LogP contribution in [0.4, 0.5) is 0 Å². The fourth-order valence-corrected chi connectivity index (χ4v) is 2.93. The standard InChI is InChI=1S/C12H15NO3S/c1-3-16-11(15)12(5-4-9(14)6-12)10-7-17-8(2)13-10/h7H,3-6H2,1-2H3. The Morgan fingerprint density at radius 3 is 2.88 bits per heavy atom. The van der Waals surface area contributed by atoms with Gasteiger partial charge in [0.15, 0.2) is 0 Å². The van der Waals surface area contributed by atoms with Crippen LogP contribution in [0.15, 0.2) is 5.38 Å². The van der Waals surface area contributed by atoms with Gasteiger partial charge < -0.3 is 4.74 Å². The Balaban J connectivity index is 2.37. The van der Waals surface area contributed by atoms with Crippen molar-refractivity contribution in [3.63, 3.8) is 0 Å². The minimum Gasteiger partial charge on any atom is -0.465 e. The van der Waals surface area contributed by atoms with E-state index in [1.807, 2.05) is 12.3 Å². The van der Waals surface area contributed by atoms with Crippen molar-refractivity contribution in [2.45, 2.75) is 38.5 Å². The molecule has 1 aliphatic carbocycles. The van der Waals surface area contributed by atoms with Crippen LogP contribution in [0.2, 0.25) is 0 Å². The van der Waals surface area contributed by atoms with Crippen molar-refractivity contribution in [1.82, 2.24) is 4.98 Å². The van der Waals surface area contributed by atoms with Crippen molar-refractivity contribution < 1.29 is 14.3 Å². The number of hydrogen-bond acceptors (Lipinski definition) is 5.